The maximum atomic E-state index is 16.0. The minimum absolute atomic E-state index is 0.00640. The van der Waals surface area contributed by atoms with Crippen LogP contribution >= 0.6 is 11.6 Å². The van der Waals surface area contributed by atoms with Crippen molar-refractivity contribution in [2.24, 2.45) is 5.73 Å². The Morgan fingerprint density at radius 1 is 1.30 bits per heavy atom. The summed E-state index contributed by atoms with van der Waals surface area (Å²) in [4.78, 5) is 35.1. The Kier molecular flexibility index (Phi) is 8.53. The van der Waals surface area contributed by atoms with Gasteiger partial charge in [0.2, 0.25) is 5.82 Å². The summed E-state index contributed by atoms with van der Waals surface area (Å²) in [7, 11) is 3.68. The van der Waals surface area contributed by atoms with Gasteiger partial charge in [0, 0.05) is 68.9 Å². The van der Waals surface area contributed by atoms with E-state index < -0.39 is 5.82 Å². The fourth-order valence-corrected chi connectivity index (χ4v) is 5.74. The number of anilines is 2. The van der Waals surface area contributed by atoms with E-state index in [-0.39, 0.29) is 23.8 Å². The van der Waals surface area contributed by atoms with E-state index in [0.717, 1.165) is 31.1 Å². The molecule has 40 heavy (non-hydrogen) atoms. The zero-order valence-corrected chi connectivity index (χ0v) is 23.7. The number of likely N-dealkylation sites (N-methyl/N-ethyl adjacent to an activating group) is 2. The van der Waals surface area contributed by atoms with Crippen LogP contribution in [0.4, 0.5) is 16.0 Å². The van der Waals surface area contributed by atoms with Crippen molar-refractivity contribution in [3.63, 3.8) is 0 Å². The Labute approximate surface area is 238 Å². The molecule has 1 unspecified atom stereocenters. The van der Waals surface area contributed by atoms with Crippen LogP contribution in [0.3, 0.4) is 0 Å². The first-order valence-electron chi connectivity index (χ1n) is 13.8. The number of nitrogens with one attached hydrogen (secondary N) is 1. The number of fused-ring (bicyclic) bond motifs is 1. The van der Waals surface area contributed by atoms with Crippen LogP contribution in [-0.4, -0.2) is 84.6 Å². The summed E-state index contributed by atoms with van der Waals surface area (Å²) < 4.78 is 17.5. The van der Waals surface area contributed by atoms with Crippen LogP contribution in [-0.2, 0) is 11.2 Å². The highest BCUT2D eigenvalue weighted by Crippen LogP contribution is 2.36. The normalized spacial score (nSPS) is 17.8. The fourth-order valence-electron chi connectivity index (χ4n) is 5.56. The molecule has 2 aromatic heterocycles. The first-order chi connectivity index (χ1) is 19.3. The predicted molar refractivity (Wildman–Crippen MR) is 154 cm³/mol. The van der Waals surface area contributed by atoms with Gasteiger partial charge in [-0.05, 0) is 50.4 Å². The van der Waals surface area contributed by atoms with E-state index in [1.165, 1.54) is 0 Å². The molecule has 10 nitrogen and oxygen atoms in total. The second kappa shape index (κ2) is 12.1. The molecule has 4 heterocycles. The van der Waals surface area contributed by atoms with Gasteiger partial charge in [0.1, 0.15) is 6.29 Å². The van der Waals surface area contributed by atoms with Crippen molar-refractivity contribution in [2.75, 3.05) is 56.6 Å². The molecule has 2 aliphatic heterocycles. The van der Waals surface area contributed by atoms with Crippen LogP contribution in [0.15, 0.2) is 24.3 Å². The van der Waals surface area contributed by atoms with Crippen molar-refractivity contribution < 1.29 is 14.0 Å². The number of hydrogen-bond donors (Lipinski definition) is 2. The number of halogens is 2. The molecule has 214 valence electrons. The fraction of sp³-hybridized carbons (Fsp3) is 0.500. The molecule has 2 aliphatic rings. The Morgan fingerprint density at radius 3 is 2.83 bits per heavy atom. The van der Waals surface area contributed by atoms with Gasteiger partial charge < -0.3 is 30.5 Å². The molecule has 0 spiro atoms. The van der Waals surface area contributed by atoms with E-state index >= 15 is 4.39 Å². The molecule has 0 aliphatic carbocycles. The Balaban J connectivity index is 1.55. The van der Waals surface area contributed by atoms with Gasteiger partial charge in [-0.2, -0.15) is 14.0 Å². The smallest absolute Gasteiger partial charge is 0.254 e. The lowest BCUT2D eigenvalue weighted by molar-refractivity contribution is -0.107. The maximum absolute atomic E-state index is 16.0. The van der Waals surface area contributed by atoms with Crippen LogP contribution in [0, 0.1) is 5.82 Å². The van der Waals surface area contributed by atoms with Gasteiger partial charge in [-0.3, -0.25) is 4.79 Å². The minimum Gasteiger partial charge on any atom is -0.356 e. The lowest BCUT2D eigenvalue weighted by Gasteiger charge is -2.38. The van der Waals surface area contributed by atoms with Gasteiger partial charge in [-0.1, -0.05) is 17.7 Å². The van der Waals surface area contributed by atoms with Crippen LogP contribution in [0.2, 0.25) is 5.02 Å². The van der Waals surface area contributed by atoms with Crippen molar-refractivity contribution in [1.29, 1.82) is 0 Å². The number of rotatable bonds is 10. The molecule has 5 rings (SSSR count). The Morgan fingerprint density at radius 2 is 2.10 bits per heavy atom. The minimum atomic E-state index is -0.442. The standard InChI is InChI=1S/C28H36ClFN8O2/c1-32-10-12-35(2)27-25(30)26(36-16-20(31)17-36)33-24-15-22(34-38(24)27)23-7-3-4-11-37(23)28(40)21-14-19(29)9-8-18(21)6-5-13-39/h8-9,13-15,20,23,32H,3-7,10-12,16-17,31H2,1-2H3. The summed E-state index contributed by atoms with van der Waals surface area (Å²) in [5, 5.41) is 8.41. The van der Waals surface area contributed by atoms with E-state index in [4.69, 9.17) is 22.4 Å². The molecule has 3 N–H and O–H groups in total. The first-order valence-corrected chi connectivity index (χ1v) is 14.2. The van der Waals surface area contributed by atoms with Crippen molar-refractivity contribution in [2.45, 2.75) is 44.2 Å². The zero-order valence-electron chi connectivity index (χ0n) is 22.9. The van der Waals surface area contributed by atoms with Crippen LogP contribution in [0.1, 0.15) is 53.3 Å². The van der Waals surface area contributed by atoms with Crippen molar-refractivity contribution in [1.82, 2.24) is 24.8 Å². The number of amides is 1. The third-order valence-corrected chi connectivity index (χ3v) is 7.97. The van der Waals surface area contributed by atoms with Gasteiger partial charge in [-0.25, -0.2) is 4.98 Å². The molecule has 0 bridgehead atoms. The summed E-state index contributed by atoms with van der Waals surface area (Å²) in [6.07, 6.45) is 4.16. The highest BCUT2D eigenvalue weighted by molar-refractivity contribution is 6.31. The quantitative estimate of drug-likeness (QED) is 0.358. The largest absolute Gasteiger partial charge is 0.356 e. The summed E-state index contributed by atoms with van der Waals surface area (Å²) in [6.45, 7) is 2.86. The zero-order chi connectivity index (χ0) is 28.4. The molecular formula is C28H36ClFN8O2. The van der Waals surface area contributed by atoms with Gasteiger partial charge in [-0.15, -0.1) is 0 Å². The topological polar surface area (TPSA) is 112 Å². The number of aromatic nitrogens is 3. The van der Waals surface area contributed by atoms with Crippen molar-refractivity contribution in [3.05, 3.63) is 51.9 Å². The number of hydrogen-bond acceptors (Lipinski definition) is 8. The lowest BCUT2D eigenvalue weighted by Crippen LogP contribution is -2.56. The predicted octanol–water partition coefficient (Wildman–Crippen LogP) is 2.82. The van der Waals surface area contributed by atoms with Crippen LogP contribution < -0.4 is 20.9 Å². The molecule has 1 atom stereocenters. The molecule has 3 aromatic rings. The average molecular weight is 571 g/mol. The summed E-state index contributed by atoms with van der Waals surface area (Å²) >= 11 is 6.28. The number of likely N-dealkylation sites (tertiary alicyclic amines) is 1. The van der Waals surface area contributed by atoms with E-state index in [2.05, 4.69) is 10.3 Å². The number of nitrogens with two attached hydrogens (primary N) is 1. The molecule has 1 amide bonds. The first kappa shape index (κ1) is 28.3. The number of piperidine rings is 1. The van der Waals surface area contributed by atoms with Crippen molar-refractivity contribution in [3.8, 4) is 0 Å². The number of nitrogens with zero attached hydrogens (tertiary/aromatic N) is 6. The van der Waals surface area contributed by atoms with E-state index in [1.807, 2.05) is 40.9 Å². The number of aryl methyl sites for hydroxylation is 1. The van der Waals surface area contributed by atoms with Gasteiger partial charge in [0.15, 0.2) is 17.3 Å². The number of benzene rings is 1. The molecule has 0 saturated carbocycles. The van der Waals surface area contributed by atoms with Crippen LogP contribution in [0.5, 0.6) is 0 Å². The number of carbonyl (C=O) groups excluding carboxylic acids is 2. The van der Waals surface area contributed by atoms with E-state index in [1.54, 1.807) is 16.6 Å². The summed E-state index contributed by atoms with van der Waals surface area (Å²) in [5.41, 5.74) is 8.45. The highest BCUT2D eigenvalue weighted by atomic mass is 35.5. The summed E-state index contributed by atoms with van der Waals surface area (Å²) in [6, 6.07) is 6.78. The molecular weight excluding hydrogens is 535 g/mol. The monoisotopic (exact) mass is 570 g/mol. The second-order valence-electron chi connectivity index (χ2n) is 10.6. The third kappa shape index (κ3) is 5.50. The summed E-state index contributed by atoms with van der Waals surface area (Å²) in [5.74, 6) is -0.00202. The van der Waals surface area contributed by atoms with Gasteiger partial charge >= 0.3 is 0 Å². The molecule has 12 heteroatoms. The van der Waals surface area contributed by atoms with Crippen molar-refractivity contribution >= 4 is 41.1 Å². The second-order valence-corrected chi connectivity index (χ2v) is 11.1. The maximum Gasteiger partial charge on any atom is 0.254 e. The lowest BCUT2D eigenvalue weighted by atomic mass is 9.96. The molecule has 0 radical (unpaired) electrons. The Hall–Kier alpha value is -3.28. The molecule has 2 saturated heterocycles. The van der Waals surface area contributed by atoms with Gasteiger partial charge in [0.25, 0.3) is 5.91 Å². The highest BCUT2D eigenvalue weighted by Gasteiger charge is 2.34. The Bertz CT molecular complexity index is 1390. The van der Waals surface area contributed by atoms with Crippen LogP contribution in [0.25, 0.3) is 5.65 Å². The van der Waals surface area contributed by atoms with E-state index in [0.29, 0.717) is 73.3 Å². The molecule has 1 aromatic carbocycles. The SMILES string of the molecule is CNCCN(C)c1c(F)c(N2CC(N)C2)nc2cc(C3CCCCN3C(=O)c3cc(Cl)ccc3CCC=O)nn12. The van der Waals surface area contributed by atoms with Gasteiger partial charge in [0.05, 0.1) is 11.7 Å². The molecule has 2 fully saturated rings. The average Bonchev–Trinajstić information content (AvgIpc) is 3.36. The van der Waals surface area contributed by atoms with E-state index in [9.17, 15) is 9.59 Å². The number of carbonyl (C=O) groups is 2. The third-order valence-electron chi connectivity index (χ3n) is 7.73. The number of aldehydes is 1.